The van der Waals surface area contributed by atoms with Crippen molar-refractivity contribution in [3.63, 3.8) is 0 Å². The van der Waals surface area contributed by atoms with Gasteiger partial charge in [0.15, 0.2) is 6.61 Å². The van der Waals surface area contributed by atoms with Crippen LogP contribution in [0.1, 0.15) is 24.0 Å². The van der Waals surface area contributed by atoms with Crippen molar-refractivity contribution < 1.29 is 14.3 Å². The number of rotatable bonds is 6. The predicted octanol–water partition coefficient (Wildman–Crippen LogP) is 3.54. The average Bonchev–Trinajstić information content (AvgIpc) is 3.26. The molecule has 6 heteroatoms. The van der Waals surface area contributed by atoms with Gasteiger partial charge in [0.2, 0.25) is 0 Å². The summed E-state index contributed by atoms with van der Waals surface area (Å²) in [5, 5.41) is 12.1. The fraction of sp³-hybridized carbons (Fsp3) is 0.261. The van der Waals surface area contributed by atoms with E-state index in [1.807, 2.05) is 37.3 Å². The van der Waals surface area contributed by atoms with Gasteiger partial charge in [0.25, 0.3) is 11.8 Å². The van der Waals surface area contributed by atoms with E-state index < -0.39 is 0 Å². The molecule has 0 aromatic heterocycles. The van der Waals surface area contributed by atoms with Crippen molar-refractivity contribution in [2.24, 2.45) is 0 Å². The quantitative estimate of drug-likeness (QED) is 0.605. The van der Waals surface area contributed by atoms with Gasteiger partial charge in [-0.15, -0.1) is 0 Å². The summed E-state index contributed by atoms with van der Waals surface area (Å²) in [7, 11) is 0. The molecule has 148 valence electrons. The molecule has 1 saturated heterocycles. The Balaban J connectivity index is 1.56. The van der Waals surface area contributed by atoms with Crippen LogP contribution < -0.4 is 10.1 Å². The zero-order valence-electron chi connectivity index (χ0n) is 16.4. The number of benzene rings is 2. The van der Waals surface area contributed by atoms with Gasteiger partial charge in [-0.2, -0.15) is 5.26 Å². The first kappa shape index (κ1) is 20.2. The molecule has 2 aromatic carbocycles. The highest BCUT2D eigenvalue weighted by Crippen LogP contribution is 2.17. The summed E-state index contributed by atoms with van der Waals surface area (Å²) in [4.78, 5) is 26.1. The SMILES string of the molecule is Cc1cccc(NC(=O)COc2ccc(/C=C(\C#N)C(=O)N3CCCC3)cc2)c1. The second kappa shape index (κ2) is 9.56. The van der Waals surface area contributed by atoms with Crippen molar-refractivity contribution in [1.29, 1.82) is 5.26 Å². The van der Waals surface area contributed by atoms with Crippen molar-refractivity contribution in [2.45, 2.75) is 19.8 Å². The number of anilines is 1. The Kier molecular flexibility index (Phi) is 6.64. The maximum atomic E-state index is 12.4. The standard InChI is InChI=1S/C23H23N3O3/c1-17-5-4-6-20(13-17)25-22(27)16-29-21-9-7-18(8-10-21)14-19(15-24)23(28)26-11-2-3-12-26/h4-10,13-14H,2-3,11-12,16H2,1H3,(H,25,27)/b19-14+. The second-order valence-corrected chi connectivity index (χ2v) is 6.94. The second-order valence-electron chi connectivity index (χ2n) is 6.94. The number of ether oxygens (including phenoxy) is 1. The van der Waals surface area contributed by atoms with Crippen molar-refractivity contribution in [2.75, 3.05) is 25.0 Å². The molecule has 2 amide bonds. The molecular weight excluding hydrogens is 366 g/mol. The maximum Gasteiger partial charge on any atom is 0.264 e. The van der Waals surface area contributed by atoms with E-state index in [4.69, 9.17) is 4.74 Å². The van der Waals surface area contributed by atoms with Crippen LogP contribution in [0, 0.1) is 18.3 Å². The minimum absolute atomic E-state index is 0.111. The van der Waals surface area contributed by atoms with Crippen LogP contribution in [0.25, 0.3) is 6.08 Å². The molecule has 1 fully saturated rings. The van der Waals surface area contributed by atoms with Crippen LogP contribution in [-0.4, -0.2) is 36.4 Å². The molecule has 1 N–H and O–H groups in total. The number of hydrogen-bond donors (Lipinski definition) is 1. The van der Waals surface area contributed by atoms with Gasteiger partial charge in [-0.25, -0.2) is 0 Å². The van der Waals surface area contributed by atoms with E-state index in [9.17, 15) is 14.9 Å². The van der Waals surface area contributed by atoms with Gasteiger partial charge in [0, 0.05) is 18.8 Å². The zero-order chi connectivity index (χ0) is 20.6. The molecule has 0 saturated carbocycles. The first-order chi connectivity index (χ1) is 14.0. The number of nitrogens with one attached hydrogen (secondary N) is 1. The van der Waals surface area contributed by atoms with E-state index in [1.165, 1.54) is 0 Å². The van der Waals surface area contributed by atoms with E-state index >= 15 is 0 Å². The normalized spacial score (nSPS) is 13.7. The Morgan fingerprint density at radius 2 is 1.90 bits per heavy atom. The van der Waals surface area contributed by atoms with E-state index in [0.717, 1.165) is 29.7 Å². The molecule has 2 aromatic rings. The van der Waals surface area contributed by atoms with Crippen LogP contribution in [0.5, 0.6) is 5.75 Å². The fourth-order valence-electron chi connectivity index (χ4n) is 3.13. The molecule has 6 nitrogen and oxygen atoms in total. The Morgan fingerprint density at radius 1 is 1.17 bits per heavy atom. The highest BCUT2D eigenvalue weighted by Gasteiger charge is 2.21. The van der Waals surface area contributed by atoms with E-state index in [1.54, 1.807) is 35.2 Å². The summed E-state index contributed by atoms with van der Waals surface area (Å²) in [5.41, 5.74) is 2.64. The predicted molar refractivity (Wildman–Crippen MR) is 111 cm³/mol. The highest BCUT2D eigenvalue weighted by atomic mass is 16.5. The van der Waals surface area contributed by atoms with Crippen LogP contribution >= 0.6 is 0 Å². The lowest BCUT2D eigenvalue weighted by Crippen LogP contribution is -2.28. The molecule has 0 unspecified atom stereocenters. The van der Waals surface area contributed by atoms with Crippen molar-refractivity contribution in [3.05, 3.63) is 65.2 Å². The summed E-state index contributed by atoms with van der Waals surface area (Å²) in [6.45, 7) is 3.25. The number of carbonyl (C=O) groups excluding carboxylic acids is 2. The van der Waals surface area contributed by atoms with Crippen molar-refractivity contribution >= 4 is 23.6 Å². The Hall–Kier alpha value is -3.59. The third-order valence-corrected chi connectivity index (χ3v) is 4.61. The molecule has 0 spiro atoms. The van der Waals surface area contributed by atoms with Crippen LogP contribution in [0.3, 0.4) is 0 Å². The lowest BCUT2D eigenvalue weighted by Gasteiger charge is -2.14. The first-order valence-corrected chi connectivity index (χ1v) is 9.55. The summed E-state index contributed by atoms with van der Waals surface area (Å²) in [6.07, 6.45) is 3.54. The van der Waals surface area contributed by atoms with Gasteiger partial charge in [-0.1, -0.05) is 24.3 Å². The van der Waals surface area contributed by atoms with Crippen LogP contribution in [0.2, 0.25) is 0 Å². The molecule has 3 rings (SSSR count). The average molecular weight is 389 g/mol. The number of hydrogen-bond acceptors (Lipinski definition) is 4. The summed E-state index contributed by atoms with van der Waals surface area (Å²) in [5.74, 6) is 0.0617. The number of nitriles is 1. The molecule has 1 aliphatic rings. The maximum absolute atomic E-state index is 12.4. The van der Waals surface area contributed by atoms with E-state index in [-0.39, 0.29) is 24.0 Å². The van der Waals surface area contributed by atoms with Gasteiger partial charge in [0.1, 0.15) is 17.4 Å². The van der Waals surface area contributed by atoms with Crippen LogP contribution in [-0.2, 0) is 9.59 Å². The Bertz CT molecular complexity index is 952. The topological polar surface area (TPSA) is 82.4 Å². The van der Waals surface area contributed by atoms with E-state index in [0.29, 0.717) is 18.8 Å². The number of amides is 2. The molecule has 0 radical (unpaired) electrons. The Morgan fingerprint density at radius 3 is 2.55 bits per heavy atom. The van der Waals surface area contributed by atoms with Gasteiger partial charge in [0.05, 0.1) is 0 Å². The van der Waals surface area contributed by atoms with Gasteiger partial charge < -0.3 is 15.0 Å². The van der Waals surface area contributed by atoms with E-state index in [2.05, 4.69) is 5.32 Å². The van der Waals surface area contributed by atoms with Gasteiger partial charge >= 0.3 is 0 Å². The molecule has 0 bridgehead atoms. The summed E-state index contributed by atoms with van der Waals surface area (Å²) >= 11 is 0. The number of aryl methyl sites for hydroxylation is 1. The molecule has 0 aliphatic carbocycles. The lowest BCUT2D eigenvalue weighted by molar-refractivity contribution is -0.125. The van der Waals surface area contributed by atoms with Crippen molar-refractivity contribution in [1.82, 2.24) is 4.90 Å². The largest absolute Gasteiger partial charge is 0.484 e. The zero-order valence-corrected chi connectivity index (χ0v) is 16.4. The van der Waals surface area contributed by atoms with Crippen LogP contribution in [0.15, 0.2) is 54.1 Å². The lowest BCUT2D eigenvalue weighted by atomic mass is 10.1. The first-order valence-electron chi connectivity index (χ1n) is 9.55. The fourth-order valence-corrected chi connectivity index (χ4v) is 3.13. The molecule has 1 heterocycles. The van der Waals surface area contributed by atoms with Gasteiger partial charge in [-0.05, 0) is 61.2 Å². The number of nitrogens with zero attached hydrogens (tertiary/aromatic N) is 2. The monoisotopic (exact) mass is 389 g/mol. The van der Waals surface area contributed by atoms with Crippen LogP contribution in [0.4, 0.5) is 5.69 Å². The number of likely N-dealkylation sites (tertiary alicyclic amines) is 1. The third-order valence-electron chi connectivity index (χ3n) is 4.61. The minimum atomic E-state index is -0.248. The van der Waals surface area contributed by atoms with Gasteiger partial charge in [-0.3, -0.25) is 9.59 Å². The van der Waals surface area contributed by atoms with Crippen molar-refractivity contribution in [3.8, 4) is 11.8 Å². The summed E-state index contributed by atoms with van der Waals surface area (Å²) in [6, 6.07) is 16.5. The smallest absolute Gasteiger partial charge is 0.264 e. The molecule has 29 heavy (non-hydrogen) atoms. The summed E-state index contributed by atoms with van der Waals surface area (Å²) < 4.78 is 5.51. The molecule has 1 aliphatic heterocycles. The highest BCUT2D eigenvalue weighted by molar-refractivity contribution is 6.01. The third kappa shape index (κ3) is 5.69. The Labute approximate surface area is 170 Å². The number of carbonyl (C=O) groups is 2. The molecular formula is C23H23N3O3. The molecule has 0 atom stereocenters. The minimum Gasteiger partial charge on any atom is -0.484 e.